The van der Waals surface area contributed by atoms with Crippen molar-refractivity contribution in [1.82, 2.24) is 10.3 Å². The van der Waals surface area contributed by atoms with Crippen LogP contribution in [-0.2, 0) is 10.0 Å². The zero-order valence-corrected chi connectivity index (χ0v) is 14.7. The highest BCUT2D eigenvalue weighted by Gasteiger charge is 2.22. The van der Waals surface area contributed by atoms with Crippen LogP contribution in [0.15, 0.2) is 53.7 Å². The van der Waals surface area contributed by atoms with Crippen molar-refractivity contribution in [1.29, 1.82) is 0 Å². The Hall–Kier alpha value is -2.41. The number of rotatable bonds is 6. The van der Waals surface area contributed by atoms with Crippen LogP contribution in [0.5, 0.6) is 0 Å². The molecular weight excluding hydrogens is 326 g/mol. The molecule has 1 N–H and O–H groups in total. The van der Waals surface area contributed by atoms with Gasteiger partial charge in [-0.05, 0) is 31.5 Å². The largest absolute Gasteiger partial charge is 0.350 e. The van der Waals surface area contributed by atoms with Crippen molar-refractivity contribution in [2.45, 2.75) is 31.2 Å². The van der Waals surface area contributed by atoms with E-state index in [0.717, 1.165) is 10.7 Å². The molecule has 0 saturated heterocycles. The Morgan fingerprint density at radius 1 is 1.25 bits per heavy atom. The molecule has 1 atom stereocenters. The lowest BCUT2D eigenvalue weighted by Crippen LogP contribution is -2.32. The standard InChI is InChI=1S/C17H21N3O3S/c1-4-13(2)19-17(21)14-10-15(12-18-11-14)20(3)24(22,23)16-8-6-5-7-9-16/h5-13H,4H2,1-3H3,(H,19,21)/t13-/m0/s1. The Bertz CT molecular complexity index is 807. The maximum atomic E-state index is 12.6. The third kappa shape index (κ3) is 3.91. The van der Waals surface area contributed by atoms with Gasteiger partial charge in [-0.15, -0.1) is 0 Å². The third-order valence-electron chi connectivity index (χ3n) is 3.74. The highest BCUT2D eigenvalue weighted by atomic mass is 32.2. The summed E-state index contributed by atoms with van der Waals surface area (Å²) in [6, 6.07) is 9.68. The van der Waals surface area contributed by atoms with E-state index in [0.29, 0.717) is 11.3 Å². The van der Waals surface area contributed by atoms with Crippen molar-refractivity contribution in [3.63, 3.8) is 0 Å². The molecule has 2 rings (SSSR count). The van der Waals surface area contributed by atoms with E-state index in [1.54, 1.807) is 18.2 Å². The molecule has 1 aromatic carbocycles. The second-order valence-electron chi connectivity index (χ2n) is 5.50. The summed E-state index contributed by atoms with van der Waals surface area (Å²) in [6.07, 6.45) is 3.64. The van der Waals surface area contributed by atoms with Gasteiger partial charge in [0.25, 0.3) is 15.9 Å². The lowest BCUT2D eigenvalue weighted by molar-refractivity contribution is 0.0939. The van der Waals surface area contributed by atoms with Crippen LogP contribution >= 0.6 is 0 Å². The zero-order chi connectivity index (χ0) is 17.7. The topological polar surface area (TPSA) is 79.4 Å². The van der Waals surface area contributed by atoms with Gasteiger partial charge >= 0.3 is 0 Å². The minimum atomic E-state index is -3.70. The van der Waals surface area contributed by atoms with E-state index in [4.69, 9.17) is 0 Å². The molecule has 6 nitrogen and oxygen atoms in total. The fraction of sp³-hybridized carbons (Fsp3) is 0.294. The fourth-order valence-corrected chi connectivity index (χ4v) is 3.22. The molecule has 0 fully saturated rings. The maximum Gasteiger partial charge on any atom is 0.264 e. The van der Waals surface area contributed by atoms with E-state index >= 15 is 0 Å². The Morgan fingerprint density at radius 3 is 2.54 bits per heavy atom. The first-order valence-electron chi connectivity index (χ1n) is 7.66. The number of amides is 1. The highest BCUT2D eigenvalue weighted by molar-refractivity contribution is 7.92. The molecule has 0 aliphatic rings. The van der Waals surface area contributed by atoms with E-state index in [-0.39, 0.29) is 16.8 Å². The van der Waals surface area contributed by atoms with Gasteiger partial charge in [-0.3, -0.25) is 14.1 Å². The molecule has 2 aromatic rings. The average molecular weight is 347 g/mol. The number of carbonyl (C=O) groups excluding carboxylic acids is 1. The molecule has 0 radical (unpaired) electrons. The van der Waals surface area contributed by atoms with Crippen LogP contribution in [-0.4, -0.2) is 32.4 Å². The molecule has 0 saturated carbocycles. The Morgan fingerprint density at radius 2 is 1.92 bits per heavy atom. The van der Waals surface area contributed by atoms with Crippen molar-refractivity contribution >= 4 is 21.6 Å². The van der Waals surface area contributed by atoms with E-state index < -0.39 is 10.0 Å². The van der Waals surface area contributed by atoms with Crippen molar-refractivity contribution in [2.75, 3.05) is 11.4 Å². The van der Waals surface area contributed by atoms with Gasteiger partial charge in [-0.2, -0.15) is 0 Å². The first kappa shape index (κ1) is 17.9. The van der Waals surface area contributed by atoms with Gasteiger partial charge in [0.2, 0.25) is 0 Å². The maximum absolute atomic E-state index is 12.6. The van der Waals surface area contributed by atoms with Crippen LogP contribution in [0.4, 0.5) is 5.69 Å². The van der Waals surface area contributed by atoms with Crippen molar-refractivity contribution in [3.8, 4) is 0 Å². The zero-order valence-electron chi connectivity index (χ0n) is 13.9. The number of sulfonamides is 1. The van der Waals surface area contributed by atoms with Crippen LogP contribution in [0.25, 0.3) is 0 Å². The summed E-state index contributed by atoms with van der Waals surface area (Å²) >= 11 is 0. The van der Waals surface area contributed by atoms with Gasteiger partial charge in [0.1, 0.15) is 0 Å². The van der Waals surface area contributed by atoms with Gasteiger partial charge in [0.15, 0.2) is 0 Å². The summed E-state index contributed by atoms with van der Waals surface area (Å²) in [4.78, 5) is 16.4. The quantitative estimate of drug-likeness (QED) is 0.870. The monoisotopic (exact) mass is 347 g/mol. The van der Waals surface area contributed by atoms with Gasteiger partial charge in [0, 0.05) is 19.3 Å². The Kier molecular flexibility index (Phi) is 5.56. The number of nitrogens with zero attached hydrogens (tertiary/aromatic N) is 2. The van der Waals surface area contributed by atoms with E-state index in [2.05, 4.69) is 10.3 Å². The normalized spacial score (nSPS) is 12.5. The molecule has 0 aliphatic carbocycles. The molecule has 1 aromatic heterocycles. The van der Waals surface area contributed by atoms with E-state index in [1.807, 2.05) is 13.8 Å². The Labute approximate surface area is 142 Å². The number of hydrogen-bond acceptors (Lipinski definition) is 4. The van der Waals surface area contributed by atoms with E-state index in [1.165, 1.54) is 37.6 Å². The number of carbonyl (C=O) groups is 1. The predicted molar refractivity (Wildman–Crippen MR) is 93.5 cm³/mol. The molecule has 0 aliphatic heterocycles. The number of anilines is 1. The molecule has 128 valence electrons. The van der Waals surface area contributed by atoms with E-state index in [9.17, 15) is 13.2 Å². The second-order valence-corrected chi connectivity index (χ2v) is 7.47. The summed E-state index contributed by atoms with van der Waals surface area (Å²) in [6.45, 7) is 3.88. The van der Waals surface area contributed by atoms with Crippen LogP contribution in [0.3, 0.4) is 0 Å². The molecular formula is C17H21N3O3S. The number of nitrogens with one attached hydrogen (secondary N) is 1. The second kappa shape index (κ2) is 7.44. The number of hydrogen-bond donors (Lipinski definition) is 1. The predicted octanol–water partition coefficient (Wildman–Crippen LogP) is 2.44. The van der Waals surface area contributed by atoms with Gasteiger partial charge in [-0.25, -0.2) is 8.42 Å². The first-order valence-corrected chi connectivity index (χ1v) is 9.10. The van der Waals surface area contributed by atoms with Crippen LogP contribution < -0.4 is 9.62 Å². The average Bonchev–Trinajstić information content (AvgIpc) is 2.61. The summed E-state index contributed by atoms with van der Waals surface area (Å²) < 4.78 is 26.4. The van der Waals surface area contributed by atoms with Crippen molar-refractivity contribution in [2.24, 2.45) is 0 Å². The van der Waals surface area contributed by atoms with Crippen LogP contribution in [0, 0.1) is 0 Å². The molecule has 1 heterocycles. The lowest BCUT2D eigenvalue weighted by Gasteiger charge is -2.20. The summed E-state index contributed by atoms with van der Waals surface area (Å²) in [7, 11) is -2.26. The van der Waals surface area contributed by atoms with Gasteiger partial charge in [0.05, 0.1) is 22.3 Å². The highest BCUT2D eigenvalue weighted by Crippen LogP contribution is 2.21. The summed E-state index contributed by atoms with van der Waals surface area (Å²) in [5, 5.41) is 2.84. The van der Waals surface area contributed by atoms with Gasteiger partial charge in [-0.1, -0.05) is 25.1 Å². The molecule has 0 spiro atoms. The molecule has 0 unspecified atom stereocenters. The van der Waals surface area contributed by atoms with Crippen molar-refractivity contribution < 1.29 is 13.2 Å². The third-order valence-corrected chi connectivity index (χ3v) is 5.54. The van der Waals surface area contributed by atoms with Gasteiger partial charge < -0.3 is 5.32 Å². The number of benzene rings is 1. The molecule has 7 heteroatoms. The SMILES string of the molecule is CC[C@H](C)NC(=O)c1cncc(N(C)S(=O)(=O)c2ccccc2)c1. The lowest BCUT2D eigenvalue weighted by atomic mass is 10.2. The van der Waals surface area contributed by atoms with Crippen LogP contribution in [0.2, 0.25) is 0 Å². The first-order chi connectivity index (χ1) is 11.4. The molecule has 24 heavy (non-hydrogen) atoms. The number of pyridine rings is 1. The Balaban J connectivity index is 2.29. The summed E-state index contributed by atoms with van der Waals surface area (Å²) in [5.74, 6) is -0.274. The number of aromatic nitrogens is 1. The minimum Gasteiger partial charge on any atom is -0.350 e. The summed E-state index contributed by atoms with van der Waals surface area (Å²) in [5.41, 5.74) is 0.651. The minimum absolute atomic E-state index is 0.0342. The van der Waals surface area contributed by atoms with Crippen LogP contribution in [0.1, 0.15) is 30.6 Å². The smallest absolute Gasteiger partial charge is 0.264 e. The molecule has 0 bridgehead atoms. The fourth-order valence-electron chi connectivity index (χ4n) is 2.02. The molecule has 1 amide bonds. The van der Waals surface area contributed by atoms with Crippen molar-refractivity contribution in [3.05, 3.63) is 54.4 Å².